The van der Waals surface area contributed by atoms with Crippen LogP contribution in [0.25, 0.3) is 5.65 Å². The van der Waals surface area contributed by atoms with Crippen molar-refractivity contribution in [3.63, 3.8) is 0 Å². The predicted molar refractivity (Wildman–Crippen MR) is 94.8 cm³/mol. The Kier molecular flexibility index (Phi) is 5.62. The zero-order valence-electron chi connectivity index (χ0n) is 13.6. The monoisotopic (exact) mass is 389 g/mol. The van der Waals surface area contributed by atoms with Crippen molar-refractivity contribution in [2.45, 2.75) is 43.6 Å². The molecule has 0 spiro atoms. The second-order valence-corrected chi connectivity index (χ2v) is 8.29. The first-order valence-corrected chi connectivity index (χ1v) is 8.70. The quantitative estimate of drug-likeness (QED) is 0.787. The maximum atomic E-state index is 12.1. The van der Waals surface area contributed by atoms with Crippen molar-refractivity contribution in [2.75, 3.05) is 0 Å². The molecule has 0 aliphatic carbocycles. The van der Waals surface area contributed by atoms with Crippen molar-refractivity contribution in [3.8, 4) is 0 Å². The van der Waals surface area contributed by atoms with Crippen LogP contribution in [-0.4, -0.2) is 37.3 Å². The van der Waals surface area contributed by atoms with Crippen molar-refractivity contribution >= 4 is 52.5 Å². The summed E-state index contributed by atoms with van der Waals surface area (Å²) in [5.41, 5.74) is 0.0129. The van der Waals surface area contributed by atoms with Crippen molar-refractivity contribution in [3.05, 3.63) is 22.3 Å². The number of carbonyl (C=O) groups excluding carboxylic acids is 2. The van der Waals surface area contributed by atoms with E-state index in [-0.39, 0.29) is 0 Å². The molecule has 2 aromatic rings. The van der Waals surface area contributed by atoms with Crippen molar-refractivity contribution in [1.82, 2.24) is 25.2 Å². The lowest BCUT2D eigenvalue weighted by molar-refractivity contribution is -0.119. The molecule has 2 rings (SSSR count). The topological polar surface area (TPSA) is 88.4 Å². The van der Waals surface area contributed by atoms with Gasteiger partial charge in [-0.1, -0.05) is 35.0 Å². The number of hydrogen-bond donors (Lipinski definition) is 2. The molecule has 10 heteroatoms. The van der Waals surface area contributed by atoms with Gasteiger partial charge < -0.3 is 5.32 Å². The van der Waals surface area contributed by atoms with Gasteiger partial charge in [-0.2, -0.15) is 0 Å². The maximum absolute atomic E-state index is 12.1. The summed E-state index contributed by atoms with van der Waals surface area (Å²) < 4.78 is 1.61. The van der Waals surface area contributed by atoms with E-state index < -0.39 is 22.7 Å². The van der Waals surface area contributed by atoms with Gasteiger partial charge in [0.2, 0.25) is 5.91 Å². The molecule has 0 aliphatic rings. The van der Waals surface area contributed by atoms with Gasteiger partial charge in [0.15, 0.2) is 10.8 Å². The molecule has 1 atom stereocenters. The smallest absolute Gasteiger partial charge is 0.321 e. The number of fused-ring (bicyclic) bond motifs is 1. The van der Waals surface area contributed by atoms with Gasteiger partial charge in [-0.25, -0.2) is 4.79 Å². The molecule has 7 nitrogen and oxygen atoms in total. The highest BCUT2D eigenvalue weighted by Gasteiger charge is 2.22. The van der Waals surface area contributed by atoms with Crippen LogP contribution in [0.3, 0.4) is 0 Å². The lowest BCUT2D eigenvalue weighted by Gasteiger charge is -2.21. The average Bonchev–Trinajstić information content (AvgIpc) is 2.79. The maximum Gasteiger partial charge on any atom is 0.321 e. The van der Waals surface area contributed by atoms with Gasteiger partial charge in [-0.05, 0) is 33.8 Å². The Labute approximate surface area is 153 Å². The number of imide groups is 1. The zero-order chi connectivity index (χ0) is 18.1. The molecule has 2 heterocycles. The molecule has 0 saturated carbocycles. The van der Waals surface area contributed by atoms with Crippen LogP contribution in [0, 0.1) is 0 Å². The Morgan fingerprint density at radius 1 is 1.29 bits per heavy atom. The minimum absolute atomic E-state index is 0.364. The third-order valence-corrected chi connectivity index (χ3v) is 4.31. The summed E-state index contributed by atoms with van der Waals surface area (Å²) in [5, 5.41) is 13.6. The molecule has 0 radical (unpaired) electrons. The normalized spacial score (nSPS) is 12.9. The van der Waals surface area contributed by atoms with Gasteiger partial charge in [0.1, 0.15) is 0 Å². The fourth-order valence-electron chi connectivity index (χ4n) is 1.78. The Balaban J connectivity index is 2.08. The third kappa shape index (κ3) is 4.75. The van der Waals surface area contributed by atoms with Gasteiger partial charge in [0.05, 0.1) is 15.3 Å². The molecule has 1 unspecified atom stereocenters. The Morgan fingerprint density at radius 3 is 2.58 bits per heavy atom. The minimum Gasteiger partial charge on any atom is -0.333 e. The summed E-state index contributed by atoms with van der Waals surface area (Å²) in [7, 11) is 0. The number of nitrogens with zero attached hydrogens (tertiary/aromatic N) is 3. The Bertz CT molecular complexity index is 787. The number of thioether (sulfide) groups is 1. The number of pyridine rings is 1. The van der Waals surface area contributed by atoms with Gasteiger partial charge in [0, 0.05) is 11.7 Å². The van der Waals surface area contributed by atoms with Gasteiger partial charge in [-0.15, -0.1) is 10.2 Å². The van der Waals surface area contributed by atoms with Crippen LogP contribution < -0.4 is 10.6 Å². The van der Waals surface area contributed by atoms with E-state index in [1.807, 2.05) is 20.8 Å². The molecular weight excluding hydrogens is 373 g/mol. The molecule has 0 fully saturated rings. The van der Waals surface area contributed by atoms with E-state index in [0.717, 1.165) is 11.8 Å². The largest absolute Gasteiger partial charge is 0.333 e. The fraction of sp³-hybridized carbons (Fsp3) is 0.429. The molecule has 2 N–H and O–H groups in total. The molecule has 0 saturated heterocycles. The van der Waals surface area contributed by atoms with E-state index in [1.54, 1.807) is 23.6 Å². The van der Waals surface area contributed by atoms with Crippen molar-refractivity contribution < 1.29 is 9.59 Å². The molecule has 0 bridgehead atoms. The first-order chi connectivity index (χ1) is 11.1. The molecule has 0 aromatic carbocycles. The van der Waals surface area contributed by atoms with Gasteiger partial charge in [0.25, 0.3) is 0 Å². The van der Waals surface area contributed by atoms with E-state index in [4.69, 9.17) is 23.2 Å². The van der Waals surface area contributed by atoms with Crippen LogP contribution >= 0.6 is 35.0 Å². The number of amides is 3. The number of halogens is 2. The van der Waals surface area contributed by atoms with Crippen LogP contribution in [0.5, 0.6) is 0 Å². The van der Waals surface area contributed by atoms with Crippen LogP contribution in [0.4, 0.5) is 4.79 Å². The number of nitrogens with one attached hydrogen (secondary N) is 2. The van der Waals surface area contributed by atoms with Crippen LogP contribution in [-0.2, 0) is 4.79 Å². The van der Waals surface area contributed by atoms with E-state index in [1.165, 1.54) is 0 Å². The second kappa shape index (κ2) is 7.16. The molecule has 24 heavy (non-hydrogen) atoms. The molecule has 0 aliphatic heterocycles. The number of rotatable bonds is 3. The Hall–Kier alpha value is -1.51. The number of aromatic nitrogens is 3. The summed E-state index contributed by atoms with van der Waals surface area (Å²) in [4.78, 5) is 23.9. The molecule has 2 aromatic heterocycles. The van der Waals surface area contributed by atoms with E-state index in [9.17, 15) is 9.59 Å². The highest BCUT2D eigenvalue weighted by molar-refractivity contribution is 8.00. The zero-order valence-corrected chi connectivity index (χ0v) is 15.9. The first-order valence-electron chi connectivity index (χ1n) is 7.06. The lowest BCUT2D eigenvalue weighted by Crippen LogP contribution is -2.49. The minimum atomic E-state index is -0.569. The summed E-state index contributed by atoms with van der Waals surface area (Å²) in [6, 6.07) is 1.02. The number of urea groups is 1. The average molecular weight is 390 g/mol. The highest BCUT2D eigenvalue weighted by atomic mass is 35.5. The summed E-state index contributed by atoms with van der Waals surface area (Å²) in [5.74, 6) is -0.438. The summed E-state index contributed by atoms with van der Waals surface area (Å²) in [6.07, 6.45) is 1.61. The van der Waals surface area contributed by atoms with E-state index in [0.29, 0.717) is 20.8 Å². The van der Waals surface area contributed by atoms with Gasteiger partial charge >= 0.3 is 6.03 Å². The first kappa shape index (κ1) is 18.8. The summed E-state index contributed by atoms with van der Waals surface area (Å²) in [6.45, 7) is 7.14. The predicted octanol–water partition coefficient (Wildman–Crippen LogP) is 3.14. The molecular formula is C14H17Cl2N5O2S. The fourth-order valence-corrected chi connectivity index (χ4v) is 3.11. The van der Waals surface area contributed by atoms with E-state index in [2.05, 4.69) is 20.8 Å². The second-order valence-electron chi connectivity index (χ2n) is 6.14. The van der Waals surface area contributed by atoms with Crippen LogP contribution in [0.2, 0.25) is 10.0 Å². The highest BCUT2D eigenvalue weighted by Crippen LogP contribution is 2.27. The molecule has 3 amide bonds. The lowest BCUT2D eigenvalue weighted by atomic mass is 10.1. The SMILES string of the molecule is CC(Sc1nnc2c(Cl)cc(Cl)cn12)C(=O)NC(=O)NC(C)(C)C. The van der Waals surface area contributed by atoms with Crippen molar-refractivity contribution in [1.29, 1.82) is 0 Å². The van der Waals surface area contributed by atoms with Crippen LogP contribution in [0.1, 0.15) is 27.7 Å². The van der Waals surface area contributed by atoms with Crippen LogP contribution in [0.15, 0.2) is 17.4 Å². The molecule has 130 valence electrons. The Morgan fingerprint density at radius 2 is 1.96 bits per heavy atom. The van der Waals surface area contributed by atoms with E-state index >= 15 is 0 Å². The standard InChI is InChI=1S/C14H17Cl2N5O2S/c1-7(11(22)17-12(23)18-14(2,3)4)24-13-20-19-10-9(16)5-8(15)6-21(10)13/h5-7H,1-4H3,(H2,17,18,22,23). The third-order valence-electron chi connectivity index (χ3n) is 2.77. The van der Waals surface area contributed by atoms with Gasteiger partial charge in [-0.3, -0.25) is 14.5 Å². The van der Waals surface area contributed by atoms with Crippen molar-refractivity contribution in [2.24, 2.45) is 0 Å². The number of carbonyl (C=O) groups is 2. The number of hydrogen-bond acceptors (Lipinski definition) is 5. The summed E-state index contributed by atoms with van der Waals surface area (Å²) >= 11 is 13.2.